The van der Waals surface area contributed by atoms with Crippen LogP contribution in [0, 0.1) is 0 Å². The van der Waals surface area contributed by atoms with Crippen molar-refractivity contribution in [3.8, 4) is 0 Å². The number of hydrogen-bond acceptors (Lipinski definition) is 3. The maximum Gasteiger partial charge on any atom is 0.0948 e. The molecule has 0 radical (unpaired) electrons. The standard InChI is InChI=1S/C19H22ClNO2/c20-18-9-3-1-7-16(18)13-23-14-17(22)12-21-11-5-8-15-6-2-4-10-19(15)21/h1-4,6-7,9-10,17,22H,5,8,11-14H2/t17-/m0/s1. The molecular formula is C19H22ClNO2. The number of rotatable bonds is 6. The summed E-state index contributed by atoms with van der Waals surface area (Å²) in [5, 5.41) is 11.0. The Bertz CT molecular complexity index is 647. The second-order valence-corrected chi connectivity index (χ2v) is 6.35. The Morgan fingerprint density at radius 3 is 2.78 bits per heavy atom. The Morgan fingerprint density at radius 1 is 1.13 bits per heavy atom. The molecule has 1 N–H and O–H groups in total. The predicted octanol–water partition coefficient (Wildman–Crippen LogP) is 3.67. The van der Waals surface area contributed by atoms with E-state index in [1.54, 1.807) is 0 Å². The van der Waals surface area contributed by atoms with Crippen LogP contribution in [-0.4, -0.2) is 30.9 Å². The lowest BCUT2D eigenvalue weighted by atomic mass is 10.0. The molecule has 2 aromatic rings. The number of aliphatic hydroxyl groups is 1. The van der Waals surface area contributed by atoms with Crippen LogP contribution in [0.25, 0.3) is 0 Å². The molecule has 3 nitrogen and oxygen atoms in total. The number of nitrogens with zero attached hydrogens (tertiary/aromatic N) is 1. The number of fused-ring (bicyclic) bond motifs is 1. The summed E-state index contributed by atoms with van der Waals surface area (Å²) in [6.07, 6.45) is 1.74. The Hall–Kier alpha value is -1.55. The molecule has 0 aliphatic carbocycles. The van der Waals surface area contributed by atoms with Crippen LogP contribution in [0.3, 0.4) is 0 Å². The van der Waals surface area contributed by atoms with Crippen molar-refractivity contribution in [2.45, 2.75) is 25.6 Å². The second kappa shape index (κ2) is 7.82. The van der Waals surface area contributed by atoms with Gasteiger partial charge in [0.1, 0.15) is 0 Å². The largest absolute Gasteiger partial charge is 0.389 e. The van der Waals surface area contributed by atoms with Crippen LogP contribution in [0.2, 0.25) is 5.02 Å². The van der Waals surface area contributed by atoms with E-state index in [2.05, 4.69) is 29.2 Å². The van der Waals surface area contributed by atoms with E-state index in [1.165, 1.54) is 11.3 Å². The normalized spacial score (nSPS) is 15.3. The van der Waals surface area contributed by atoms with Gasteiger partial charge in [-0.25, -0.2) is 0 Å². The first-order chi connectivity index (χ1) is 11.2. The predicted molar refractivity (Wildman–Crippen MR) is 94.1 cm³/mol. The summed E-state index contributed by atoms with van der Waals surface area (Å²) in [5.41, 5.74) is 3.55. The van der Waals surface area contributed by atoms with Crippen LogP contribution in [0.15, 0.2) is 48.5 Å². The van der Waals surface area contributed by atoms with Crippen molar-refractivity contribution in [3.05, 3.63) is 64.7 Å². The first-order valence-electron chi connectivity index (χ1n) is 8.06. The average Bonchev–Trinajstić information content (AvgIpc) is 2.57. The van der Waals surface area contributed by atoms with Crippen LogP contribution in [0.1, 0.15) is 17.5 Å². The third-order valence-electron chi connectivity index (χ3n) is 4.16. The van der Waals surface area contributed by atoms with Gasteiger partial charge in [0.05, 0.1) is 19.3 Å². The van der Waals surface area contributed by atoms with E-state index in [0.29, 0.717) is 24.8 Å². The highest BCUT2D eigenvalue weighted by molar-refractivity contribution is 6.31. The molecule has 3 rings (SSSR count). The number of aryl methyl sites for hydroxylation is 1. The Kier molecular flexibility index (Phi) is 5.55. The molecule has 0 unspecified atom stereocenters. The number of ether oxygens (including phenoxy) is 1. The van der Waals surface area contributed by atoms with E-state index in [4.69, 9.17) is 16.3 Å². The van der Waals surface area contributed by atoms with Crippen LogP contribution in [-0.2, 0) is 17.8 Å². The topological polar surface area (TPSA) is 32.7 Å². The quantitative estimate of drug-likeness (QED) is 0.876. The molecule has 0 fully saturated rings. The van der Waals surface area contributed by atoms with Gasteiger partial charge >= 0.3 is 0 Å². The van der Waals surface area contributed by atoms with Crippen LogP contribution in [0.4, 0.5) is 5.69 Å². The molecule has 4 heteroatoms. The SMILES string of the molecule is O[C@H](COCc1ccccc1Cl)CN1CCCc2ccccc21. The van der Waals surface area contributed by atoms with Crippen LogP contribution < -0.4 is 4.90 Å². The third kappa shape index (κ3) is 4.25. The summed E-state index contributed by atoms with van der Waals surface area (Å²) in [7, 11) is 0. The Balaban J connectivity index is 1.50. The number of hydrogen-bond donors (Lipinski definition) is 1. The molecule has 0 aromatic heterocycles. The van der Waals surface area contributed by atoms with Crippen LogP contribution in [0.5, 0.6) is 0 Å². The van der Waals surface area contributed by atoms with Gasteiger partial charge in [-0.3, -0.25) is 0 Å². The summed E-state index contributed by atoms with van der Waals surface area (Å²) < 4.78 is 5.63. The van der Waals surface area contributed by atoms with Gasteiger partial charge in [-0.1, -0.05) is 48.0 Å². The van der Waals surface area contributed by atoms with E-state index >= 15 is 0 Å². The van der Waals surface area contributed by atoms with Gasteiger partial charge in [-0.05, 0) is 36.1 Å². The fourth-order valence-electron chi connectivity index (χ4n) is 3.03. The van der Waals surface area contributed by atoms with Gasteiger partial charge in [0.25, 0.3) is 0 Å². The van der Waals surface area contributed by atoms with Crippen LogP contribution >= 0.6 is 11.6 Å². The number of benzene rings is 2. The molecule has 122 valence electrons. The van der Waals surface area contributed by atoms with Gasteiger partial charge in [-0.15, -0.1) is 0 Å². The van der Waals surface area contributed by atoms with Crippen molar-refractivity contribution in [3.63, 3.8) is 0 Å². The van der Waals surface area contributed by atoms with E-state index in [9.17, 15) is 5.11 Å². The minimum Gasteiger partial charge on any atom is -0.389 e. The van der Waals surface area contributed by atoms with Gasteiger partial charge in [-0.2, -0.15) is 0 Å². The zero-order chi connectivity index (χ0) is 16.1. The highest BCUT2D eigenvalue weighted by Gasteiger charge is 2.19. The van der Waals surface area contributed by atoms with Crippen molar-refractivity contribution >= 4 is 17.3 Å². The summed E-state index contributed by atoms with van der Waals surface area (Å²) in [6.45, 7) is 2.31. The molecule has 1 heterocycles. The van der Waals surface area contributed by atoms with Crippen molar-refractivity contribution < 1.29 is 9.84 Å². The van der Waals surface area contributed by atoms with E-state index in [0.717, 1.165) is 24.9 Å². The van der Waals surface area contributed by atoms with Crippen molar-refractivity contribution in [2.75, 3.05) is 24.6 Å². The maximum atomic E-state index is 10.3. The number of β-amino-alcohol motifs (C(OH)–C–C–N with tert-alkyl or cyclic N) is 1. The van der Waals surface area contributed by atoms with E-state index < -0.39 is 6.10 Å². The average molecular weight is 332 g/mol. The van der Waals surface area contributed by atoms with Gasteiger partial charge in [0.15, 0.2) is 0 Å². The summed E-state index contributed by atoms with van der Waals surface area (Å²) in [4.78, 5) is 2.25. The highest BCUT2D eigenvalue weighted by atomic mass is 35.5. The molecular weight excluding hydrogens is 310 g/mol. The fraction of sp³-hybridized carbons (Fsp3) is 0.368. The van der Waals surface area contributed by atoms with Crippen molar-refractivity contribution in [1.29, 1.82) is 0 Å². The minimum atomic E-state index is -0.511. The summed E-state index contributed by atoms with van der Waals surface area (Å²) in [5.74, 6) is 0. The Labute approximate surface area is 142 Å². The Morgan fingerprint density at radius 2 is 1.91 bits per heavy atom. The summed E-state index contributed by atoms with van der Waals surface area (Å²) in [6, 6.07) is 16.0. The minimum absolute atomic E-state index is 0.309. The van der Waals surface area contributed by atoms with Gasteiger partial charge in [0, 0.05) is 23.8 Å². The molecule has 0 amide bonds. The number of aliphatic hydroxyl groups excluding tert-OH is 1. The highest BCUT2D eigenvalue weighted by Crippen LogP contribution is 2.26. The number of anilines is 1. The van der Waals surface area contributed by atoms with E-state index in [1.807, 2.05) is 24.3 Å². The smallest absolute Gasteiger partial charge is 0.0948 e. The first-order valence-corrected chi connectivity index (χ1v) is 8.44. The third-order valence-corrected chi connectivity index (χ3v) is 4.53. The summed E-state index contributed by atoms with van der Waals surface area (Å²) >= 11 is 6.10. The fourth-order valence-corrected chi connectivity index (χ4v) is 3.22. The van der Waals surface area contributed by atoms with Gasteiger partial charge in [0.2, 0.25) is 0 Å². The zero-order valence-corrected chi connectivity index (χ0v) is 13.9. The lowest BCUT2D eigenvalue weighted by molar-refractivity contribution is 0.0319. The van der Waals surface area contributed by atoms with E-state index in [-0.39, 0.29) is 0 Å². The zero-order valence-electron chi connectivity index (χ0n) is 13.1. The van der Waals surface area contributed by atoms with Crippen molar-refractivity contribution in [2.24, 2.45) is 0 Å². The molecule has 2 aromatic carbocycles. The molecule has 1 aliphatic rings. The molecule has 0 bridgehead atoms. The number of halogens is 1. The monoisotopic (exact) mass is 331 g/mol. The number of para-hydroxylation sites is 1. The molecule has 23 heavy (non-hydrogen) atoms. The molecule has 0 saturated carbocycles. The lowest BCUT2D eigenvalue weighted by Gasteiger charge is -2.32. The lowest BCUT2D eigenvalue weighted by Crippen LogP contribution is -2.38. The van der Waals surface area contributed by atoms with Crippen molar-refractivity contribution in [1.82, 2.24) is 0 Å². The van der Waals surface area contributed by atoms with Gasteiger partial charge < -0.3 is 14.7 Å². The molecule has 1 atom stereocenters. The molecule has 0 saturated heterocycles. The molecule has 0 spiro atoms. The molecule has 1 aliphatic heterocycles. The second-order valence-electron chi connectivity index (χ2n) is 5.94. The maximum absolute atomic E-state index is 10.3. The first kappa shape index (κ1) is 16.3.